The molecule has 8 heavy (non-hydrogen) atoms. The van der Waals surface area contributed by atoms with E-state index in [1.165, 1.54) is 6.42 Å². The number of unbranched alkanes of at least 4 members (excludes halogenated alkanes) is 1. The molecule has 2 heteroatoms. The molecule has 0 aromatic carbocycles. The van der Waals surface area contributed by atoms with E-state index in [4.69, 9.17) is 5.84 Å². The van der Waals surface area contributed by atoms with Crippen molar-refractivity contribution in [1.82, 2.24) is 5.01 Å². The van der Waals surface area contributed by atoms with Crippen LogP contribution in [0, 0.1) is 0 Å². The van der Waals surface area contributed by atoms with E-state index in [0.717, 1.165) is 13.0 Å². The lowest BCUT2D eigenvalue weighted by Crippen LogP contribution is -2.25. The second-order valence-corrected chi connectivity index (χ2v) is 1.77. The topological polar surface area (TPSA) is 29.3 Å². The number of nitrogens with two attached hydrogens (primary N) is 1. The van der Waals surface area contributed by atoms with Gasteiger partial charge in [0.05, 0.1) is 0 Å². The SMILES string of the molecule is C=CN(N)CCCC. The quantitative estimate of drug-likeness (QED) is 0.438. The van der Waals surface area contributed by atoms with E-state index in [-0.39, 0.29) is 0 Å². The fourth-order valence-corrected chi connectivity index (χ4v) is 0.432. The number of rotatable bonds is 4. The Labute approximate surface area is 50.9 Å². The third kappa shape index (κ3) is 3.68. The molecule has 0 aliphatic rings. The largest absolute Gasteiger partial charge is 0.319 e. The maximum Gasteiger partial charge on any atom is 0.0334 e. The van der Waals surface area contributed by atoms with Crippen LogP contribution in [0.1, 0.15) is 19.8 Å². The average Bonchev–Trinajstić information content (AvgIpc) is 1.83. The maximum absolute atomic E-state index is 5.37. The van der Waals surface area contributed by atoms with Crippen LogP contribution < -0.4 is 5.84 Å². The van der Waals surface area contributed by atoms with Crippen molar-refractivity contribution >= 4 is 0 Å². The van der Waals surface area contributed by atoms with E-state index >= 15 is 0 Å². The number of hydrogen-bond donors (Lipinski definition) is 1. The summed E-state index contributed by atoms with van der Waals surface area (Å²) in [4.78, 5) is 0. The van der Waals surface area contributed by atoms with E-state index in [0.29, 0.717) is 0 Å². The Morgan fingerprint density at radius 1 is 1.75 bits per heavy atom. The normalized spacial score (nSPS) is 8.75. The summed E-state index contributed by atoms with van der Waals surface area (Å²) >= 11 is 0. The van der Waals surface area contributed by atoms with Gasteiger partial charge in [0.15, 0.2) is 0 Å². The fraction of sp³-hybridized carbons (Fsp3) is 0.667. The zero-order chi connectivity index (χ0) is 6.41. The van der Waals surface area contributed by atoms with Gasteiger partial charge in [0.25, 0.3) is 0 Å². The van der Waals surface area contributed by atoms with E-state index in [2.05, 4.69) is 13.5 Å². The molecule has 0 amide bonds. The minimum absolute atomic E-state index is 0.917. The van der Waals surface area contributed by atoms with Crippen molar-refractivity contribution < 1.29 is 0 Å². The lowest BCUT2D eigenvalue weighted by Gasteiger charge is -2.10. The third-order valence-electron chi connectivity index (χ3n) is 1.00. The van der Waals surface area contributed by atoms with Crippen LogP contribution >= 0.6 is 0 Å². The van der Waals surface area contributed by atoms with Crippen molar-refractivity contribution in [2.75, 3.05) is 6.54 Å². The average molecular weight is 114 g/mol. The standard InChI is InChI=1S/C6H14N2/c1-3-5-6-8(7)4-2/h4H,2-3,5-7H2,1H3. The van der Waals surface area contributed by atoms with Gasteiger partial charge in [0, 0.05) is 12.7 Å². The Morgan fingerprint density at radius 2 is 2.38 bits per heavy atom. The summed E-state index contributed by atoms with van der Waals surface area (Å²) in [6.07, 6.45) is 3.96. The smallest absolute Gasteiger partial charge is 0.0334 e. The van der Waals surface area contributed by atoms with Crippen LogP contribution in [-0.4, -0.2) is 11.6 Å². The van der Waals surface area contributed by atoms with Gasteiger partial charge in [0.1, 0.15) is 0 Å². The zero-order valence-electron chi connectivity index (χ0n) is 5.43. The van der Waals surface area contributed by atoms with Gasteiger partial charge in [-0.1, -0.05) is 19.9 Å². The molecule has 48 valence electrons. The summed E-state index contributed by atoms with van der Waals surface area (Å²) in [6, 6.07) is 0. The monoisotopic (exact) mass is 114 g/mol. The minimum atomic E-state index is 0.917. The van der Waals surface area contributed by atoms with E-state index < -0.39 is 0 Å². The Balaban J connectivity index is 2.98. The molecule has 0 saturated heterocycles. The van der Waals surface area contributed by atoms with Crippen molar-refractivity contribution in [1.29, 1.82) is 0 Å². The molecule has 0 aromatic heterocycles. The van der Waals surface area contributed by atoms with E-state index in [9.17, 15) is 0 Å². The van der Waals surface area contributed by atoms with Gasteiger partial charge in [0.2, 0.25) is 0 Å². The lowest BCUT2D eigenvalue weighted by molar-refractivity contribution is 0.385. The maximum atomic E-state index is 5.37. The third-order valence-corrected chi connectivity index (χ3v) is 1.00. The van der Waals surface area contributed by atoms with Gasteiger partial charge in [-0.05, 0) is 6.42 Å². The van der Waals surface area contributed by atoms with Crippen LogP contribution in [0.2, 0.25) is 0 Å². The van der Waals surface area contributed by atoms with Crippen LogP contribution in [0.4, 0.5) is 0 Å². The highest BCUT2D eigenvalue weighted by molar-refractivity contribution is 4.62. The van der Waals surface area contributed by atoms with Crippen molar-refractivity contribution in [2.24, 2.45) is 5.84 Å². The molecule has 0 radical (unpaired) electrons. The molecule has 0 heterocycles. The summed E-state index contributed by atoms with van der Waals surface area (Å²) < 4.78 is 0. The van der Waals surface area contributed by atoms with Gasteiger partial charge >= 0.3 is 0 Å². The van der Waals surface area contributed by atoms with Crippen molar-refractivity contribution in [2.45, 2.75) is 19.8 Å². The molecule has 2 N–H and O–H groups in total. The molecule has 0 atom stereocenters. The van der Waals surface area contributed by atoms with Crippen LogP contribution in [0.3, 0.4) is 0 Å². The van der Waals surface area contributed by atoms with Gasteiger partial charge in [-0.25, -0.2) is 5.84 Å². The first-order valence-electron chi connectivity index (χ1n) is 2.95. The molecular formula is C6H14N2. The van der Waals surface area contributed by atoms with Crippen LogP contribution in [0.5, 0.6) is 0 Å². The van der Waals surface area contributed by atoms with E-state index in [1.807, 2.05) is 0 Å². The highest BCUT2D eigenvalue weighted by Gasteiger charge is 1.85. The van der Waals surface area contributed by atoms with Gasteiger partial charge < -0.3 is 5.01 Å². The van der Waals surface area contributed by atoms with E-state index in [1.54, 1.807) is 11.2 Å². The first kappa shape index (κ1) is 7.50. The molecule has 0 unspecified atom stereocenters. The molecule has 0 bridgehead atoms. The Hall–Kier alpha value is -0.500. The Bertz CT molecular complexity index is 61.5. The molecule has 0 aromatic rings. The van der Waals surface area contributed by atoms with Gasteiger partial charge in [-0.2, -0.15) is 0 Å². The van der Waals surface area contributed by atoms with Crippen molar-refractivity contribution in [3.05, 3.63) is 12.8 Å². The Morgan fingerprint density at radius 3 is 2.75 bits per heavy atom. The molecule has 0 aliphatic heterocycles. The first-order chi connectivity index (χ1) is 3.81. The molecular weight excluding hydrogens is 100 g/mol. The lowest BCUT2D eigenvalue weighted by atomic mass is 10.3. The minimum Gasteiger partial charge on any atom is -0.319 e. The second kappa shape index (κ2) is 4.65. The predicted octanol–water partition coefficient (Wildman–Crippen LogP) is 1.11. The summed E-state index contributed by atoms with van der Waals surface area (Å²) in [5.41, 5.74) is 0. The van der Waals surface area contributed by atoms with Crippen LogP contribution in [0.25, 0.3) is 0 Å². The van der Waals surface area contributed by atoms with Crippen LogP contribution in [0.15, 0.2) is 12.8 Å². The van der Waals surface area contributed by atoms with Gasteiger partial charge in [-0.15, -0.1) is 0 Å². The van der Waals surface area contributed by atoms with Crippen molar-refractivity contribution in [3.63, 3.8) is 0 Å². The number of hydrogen-bond acceptors (Lipinski definition) is 2. The molecule has 2 nitrogen and oxygen atoms in total. The molecule has 0 rings (SSSR count). The number of hydrazine groups is 1. The van der Waals surface area contributed by atoms with Gasteiger partial charge in [-0.3, -0.25) is 0 Å². The molecule has 0 spiro atoms. The number of nitrogens with zero attached hydrogens (tertiary/aromatic N) is 1. The Kier molecular flexibility index (Phi) is 4.36. The predicted molar refractivity (Wildman–Crippen MR) is 36.0 cm³/mol. The molecule has 0 saturated carbocycles. The summed E-state index contributed by atoms with van der Waals surface area (Å²) in [6.45, 7) is 6.57. The summed E-state index contributed by atoms with van der Waals surface area (Å²) in [5, 5.41) is 1.60. The highest BCUT2D eigenvalue weighted by Crippen LogP contribution is 1.87. The van der Waals surface area contributed by atoms with Crippen LogP contribution in [-0.2, 0) is 0 Å². The first-order valence-corrected chi connectivity index (χ1v) is 2.95. The fourth-order valence-electron chi connectivity index (χ4n) is 0.432. The summed E-state index contributed by atoms with van der Waals surface area (Å²) in [7, 11) is 0. The summed E-state index contributed by atoms with van der Waals surface area (Å²) in [5.74, 6) is 5.37. The highest BCUT2D eigenvalue weighted by atomic mass is 15.4. The zero-order valence-corrected chi connectivity index (χ0v) is 5.43. The molecule has 0 aliphatic carbocycles. The molecule has 0 fully saturated rings. The van der Waals surface area contributed by atoms with Crippen molar-refractivity contribution in [3.8, 4) is 0 Å². The second-order valence-electron chi connectivity index (χ2n) is 1.77.